The van der Waals surface area contributed by atoms with E-state index in [-0.39, 0.29) is 18.7 Å². The average Bonchev–Trinajstić information content (AvgIpc) is 2.19. The molecule has 0 fully saturated rings. The molecule has 0 heterocycles. The predicted octanol–water partition coefficient (Wildman–Crippen LogP) is 1.38. The number of hydrogen-bond donors (Lipinski definition) is 2. The average molecular weight is 292 g/mol. The Bertz CT molecular complexity index is 545. The molecule has 2 N–H and O–H groups in total. The van der Waals surface area contributed by atoms with Crippen molar-refractivity contribution >= 4 is 10.0 Å². The molecule has 0 aromatic heterocycles. The molecule has 0 spiro atoms. The zero-order valence-electron chi connectivity index (χ0n) is 11.1. The molecule has 0 saturated carbocycles. The van der Waals surface area contributed by atoms with Crippen molar-refractivity contribution in [2.45, 2.75) is 25.9 Å². The number of hydrogen-bond acceptors (Lipinski definition) is 3. The van der Waals surface area contributed by atoms with Gasteiger partial charge in [0.25, 0.3) is 0 Å². The summed E-state index contributed by atoms with van der Waals surface area (Å²) in [7, 11) is -3.32. The minimum atomic E-state index is -3.32. The molecule has 1 rings (SSSR count). The quantitative estimate of drug-likeness (QED) is 0.833. The van der Waals surface area contributed by atoms with Gasteiger partial charge in [0.1, 0.15) is 11.6 Å². The molecule has 0 radical (unpaired) electrons. The van der Waals surface area contributed by atoms with Crippen LogP contribution < -0.4 is 10.0 Å². The summed E-state index contributed by atoms with van der Waals surface area (Å²) in [4.78, 5) is 0. The van der Waals surface area contributed by atoms with Gasteiger partial charge in [0.15, 0.2) is 0 Å². The van der Waals surface area contributed by atoms with Gasteiger partial charge >= 0.3 is 0 Å². The molecular formula is C12H18F2N2O2S. The van der Waals surface area contributed by atoms with Gasteiger partial charge in [-0.2, -0.15) is 0 Å². The van der Waals surface area contributed by atoms with Crippen LogP contribution in [0.3, 0.4) is 0 Å². The maximum Gasteiger partial charge on any atom is 0.209 e. The Morgan fingerprint density at radius 2 is 1.89 bits per heavy atom. The summed E-state index contributed by atoms with van der Waals surface area (Å²) in [5.41, 5.74) is -0.507. The fraction of sp³-hybridized carbons (Fsp3) is 0.500. The third-order valence-electron chi connectivity index (χ3n) is 2.35. The highest BCUT2D eigenvalue weighted by Crippen LogP contribution is 2.10. The van der Waals surface area contributed by atoms with Gasteiger partial charge in [0, 0.05) is 24.2 Å². The van der Waals surface area contributed by atoms with Crippen molar-refractivity contribution in [2.24, 2.45) is 0 Å². The lowest BCUT2D eigenvalue weighted by atomic mass is 10.1. The first-order chi connectivity index (χ1) is 8.59. The van der Waals surface area contributed by atoms with Crippen LogP contribution in [0.1, 0.15) is 19.4 Å². The van der Waals surface area contributed by atoms with Gasteiger partial charge in [0.2, 0.25) is 10.0 Å². The van der Waals surface area contributed by atoms with E-state index in [1.165, 1.54) is 0 Å². The van der Waals surface area contributed by atoms with Crippen molar-refractivity contribution in [1.29, 1.82) is 0 Å². The normalized spacial score (nSPS) is 12.7. The molecule has 0 aliphatic rings. The van der Waals surface area contributed by atoms with E-state index in [1.54, 1.807) is 13.8 Å². The molecule has 1 aromatic rings. The van der Waals surface area contributed by atoms with Crippen LogP contribution in [0, 0.1) is 11.6 Å². The van der Waals surface area contributed by atoms with Crippen LogP contribution >= 0.6 is 0 Å². The standard InChI is InChI=1S/C12H18F2N2O2S/c1-12(2,16-19(3,17)18)8-15-7-9-6-10(13)4-5-11(9)14/h4-6,15-16H,7-8H2,1-3H3. The van der Waals surface area contributed by atoms with Crippen LogP contribution in [0.15, 0.2) is 18.2 Å². The predicted molar refractivity (Wildman–Crippen MR) is 70.1 cm³/mol. The van der Waals surface area contributed by atoms with Crippen LogP contribution in [0.2, 0.25) is 0 Å². The Morgan fingerprint density at radius 3 is 2.47 bits per heavy atom. The summed E-state index contributed by atoms with van der Waals surface area (Å²) < 4.78 is 51.0. The zero-order chi connectivity index (χ0) is 14.7. The van der Waals surface area contributed by atoms with E-state index < -0.39 is 27.2 Å². The van der Waals surface area contributed by atoms with Crippen molar-refractivity contribution in [1.82, 2.24) is 10.0 Å². The summed E-state index contributed by atoms with van der Waals surface area (Å²) in [5.74, 6) is -1.01. The van der Waals surface area contributed by atoms with Crippen molar-refractivity contribution in [2.75, 3.05) is 12.8 Å². The fourth-order valence-corrected chi connectivity index (χ4v) is 2.80. The van der Waals surface area contributed by atoms with Gasteiger partial charge in [-0.15, -0.1) is 0 Å². The van der Waals surface area contributed by atoms with Crippen molar-refractivity contribution in [3.8, 4) is 0 Å². The molecule has 7 heteroatoms. The minimum Gasteiger partial charge on any atom is -0.311 e. The minimum absolute atomic E-state index is 0.123. The van der Waals surface area contributed by atoms with E-state index in [0.29, 0.717) is 0 Å². The highest BCUT2D eigenvalue weighted by Gasteiger charge is 2.21. The summed E-state index contributed by atoms with van der Waals surface area (Å²) in [6, 6.07) is 3.22. The lowest BCUT2D eigenvalue weighted by Gasteiger charge is -2.25. The molecule has 0 saturated heterocycles. The van der Waals surface area contributed by atoms with Crippen LogP contribution in [-0.4, -0.2) is 26.8 Å². The molecule has 0 amide bonds. The third-order valence-corrected chi connectivity index (χ3v) is 3.28. The summed E-state index contributed by atoms with van der Waals surface area (Å²) in [5, 5.41) is 2.90. The first-order valence-electron chi connectivity index (χ1n) is 5.73. The van der Waals surface area contributed by atoms with Gasteiger partial charge in [0.05, 0.1) is 6.26 Å². The fourth-order valence-electron chi connectivity index (χ4n) is 1.73. The highest BCUT2D eigenvalue weighted by atomic mass is 32.2. The SMILES string of the molecule is CC(C)(CNCc1cc(F)ccc1F)NS(C)(=O)=O. The number of rotatable bonds is 6. The number of sulfonamides is 1. The molecule has 108 valence electrons. The second-order valence-electron chi connectivity index (χ2n) is 5.10. The number of nitrogens with one attached hydrogen (secondary N) is 2. The Labute approximate surface area is 112 Å². The molecule has 19 heavy (non-hydrogen) atoms. The largest absolute Gasteiger partial charge is 0.311 e. The highest BCUT2D eigenvalue weighted by molar-refractivity contribution is 7.88. The molecule has 0 atom stereocenters. The molecule has 0 aliphatic carbocycles. The zero-order valence-corrected chi connectivity index (χ0v) is 11.9. The smallest absolute Gasteiger partial charge is 0.209 e. The lowest BCUT2D eigenvalue weighted by Crippen LogP contribution is -2.49. The molecule has 0 aliphatic heterocycles. The summed E-state index contributed by atoms with van der Waals surface area (Å²) in [6.45, 7) is 3.81. The molecule has 0 unspecified atom stereocenters. The van der Waals surface area contributed by atoms with E-state index in [1.807, 2.05) is 0 Å². The first-order valence-corrected chi connectivity index (χ1v) is 7.62. The Kier molecular flexibility index (Phi) is 5.00. The lowest BCUT2D eigenvalue weighted by molar-refractivity contribution is 0.418. The van der Waals surface area contributed by atoms with Crippen molar-refractivity contribution < 1.29 is 17.2 Å². The summed E-state index contributed by atoms with van der Waals surface area (Å²) >= 11 is 0. The molecule has 4 nitrogen and oxygen atoms in total. The maximum absolute atomic E-state index is 13.3. The van der Waals surface area contributed by atoms with E-state index in [9.17, 15) is 17.2 Å². The van der Waals surface area contributed by atoms with Gasteiger partial charge in [-0.1, -0.05) is 0 Å². The second-order valence-corrected chi connectivity index (χ2v) is 6.85. The molecule has 1 aromatic carbocycles. The van der Waals surface area contributed by atoms with Gasteiger partial charge in [-0.05, 0) is 32.0 Å². The van der Waals surface area contributed by atoms with Gasteiger partial charge < -0.3 is 5.32 Å². The van der Waals surface area contributed by atoms with Gasteiger partial charge in [-0.25, -0.2) is 21.9 Å². The van der Waals surface area contributed by atoms with Gasteiger partial charge in [-0.3, -0.25) is 0 Å². The number of halogens is 2. The first kappa shape index (κ1) is 16.0. The van der Waals surface area contributed by atoms with E-state index in [4.69, 9.17) is 0 Å². The molecular weight excluding hydrogens is 274 g/mol. The van der Waals surface area contributed by atoms with E-state index >= 15 is 0 Å². The van der Waals surface area contributed by atoms with Crippen LogP contribution in [0.25, 0.3) is 0 Å². The van der Waals surface area contributed by atoms with Crippen LogP contribution in [0.4, 0.5) is 8.78 Å². The Balaban J connectivity index is 2.56. The second kappa shape index (κ2) is 5.94. The topological polar surface area (TPSA) is 58.2 Å². The Hall–Kier alpha value is -1.05. The van der Waals surface area contributed by atoms with Crippen LogP contribution in [0.5, 0.6) is 0 Å². The van der Waals surface area contributed by atoms with Crippen molar-refractivity contribution in [3.05, 3.63) is 35.4 Å². The third kappa shape index (κ3) is 6.09. The van der Waals surface area contributed by atoms with Crippen LogP contribution in [-0.2, 0) is 16.6 Å². The number of benzene rings is 1. The van der Waals surface area contributed by atoms with Crippen molar-refractivity contribution in [3.63, 3.8) is 0 Å². The monoisotopic (exact) mass is 292 g/mol. The summed E-state index contributed by atoms with van der Waals surface area (Å²) in [6.07, 6.45) is 1.07. The van der Waals surface area contributed by atoms with E-state index in [0.717, 1.165) is 24.5 Å². The molecule has 0 bridgehead atoms. The van der Waals surface area contributed by atoms with E-state index in [2.05, 4.69) is 10.0 Å². The Morgan fingerprint density at radius 1 is 1.26 bits per heavy atom. The maximum atomic E-state index is 13.3.